The second-order valence-electron chi connectivity index (χ2n) is 5.41. The van der Waals surface area contributed by atoms with Gasteiger partial charge in [0.15, 0.2) is 11.5 Å². The Morgan fingerprint density at radius 2 is 2.11 bits per heavy atom. The van der Waals surface area contributed by atoms with Crippen LogP contribution in [0.25, 0.3) is 11.3 Å². The maximum atomic E-state index is 5.66. The number of methoxy groups -OCH3 is 1. The lowest BCUT2D eigenvalue weighted by Gasteiger charge is -2.12. The molecule has 3 rings (SSSR count). The van der Waals surface area contributed by atoms with Gasteiger partial charge in [-0.2, -0.15) is 5.10 Å². The Balaban J connectivity index is 1.70. The molecule has 0 aliphatic heterocycles. The van der Waals surface area contributed by atoms with Crippen molar-refractivity contribution in [2.75, 3.05) is 19.1 Å². The van der Waals surface area contributed by atoms with E-state index in [2.05, 4.69) is 44.7 Å². The highest BCUT2D eigenvalue weighted by atomic mass is 127. The van der Waals surface area contributed by atoms with Crippen LogP contribution in [0.3, 0.4) is 0 Å². The Bertz CT molecular complexity index is 942. The Hall–Kier alpha value is -2.39. The molecule has 0 radical (unpaired) electrons. The van der Waals surface area contributed by atoms with Crippen LogP contribution < -0.4 is 14.9 Å². The maximum Gasteiger partial charge on any atom is 0.203 e. The molecule has 0 spiro atoms. The number of benzene rings is 2. The van der Waals surface area contributed by atoms with Gasteiger partial charge in [-0.25, -0.2) is 4.98 Å². The Kier molecular flexibility index (Phi) is 6.83. The maximum absolute atomic E-state index is 5.66. The molecule has 0 unspecified atom stereocenters. The van der Waals surface area contributed by atoms with Gasteiger partial charge in [-0.3, -0.25) is 5.43 Å². The van der Waals surface area contributed by atoms with Gasteiger partial charge in [0, 0.05) is 10.9 Å². The minimum absolute atomic E-state index is 0.426. The SMILES string of the molecule is C=CCOc1c(I)cc(C=NNc2nc(-c3ccccc3)cs2)cc1OC. The number of halogens is 1. The minimum Gasteiger partial charge on any atom is -0.493 e. The lowest BCUT2D eigenvalue weighted by Crippen LogP contribution is -2.00. The van der Waals surface area contributed by atoms with Gasteiger partial charge in [0.05, 0.1) is 22.6 Å². The minimum atomic E-state index is 0.426. The third kappa shape index (κ3) is 5.08. The first-order valence-corrected chi connectivity index (χ1v) is 10.1. The van der Waals surface area contributed by atoms with Gasteiger partial charge in [0.2, 0.25) is 5.13 Å². The van der Waals surface area contributed by atoms with E-state index in [4.69, 9.17) is 9.47 Å². The van der Waals surface area contributed by atoms with E-state index in [9.17, 15) is 0 Å². The highest BCUT2D eigenvalue weighted by Crippen LogP contribution is 2.33. The topological polar surface area (TPSA) is 55.7 Å². The molecule has 1 aromatic heterocycles. The summed E-state index contributed by atoms with van der Waals surface area (Å²) in [5.74, 6) is 1.36. The van der Waals surface area contributed by atoms with Crippen LogP contribution in [-0.2, 0) is 0 Å². The molecule has 0 fully saturated rings. The quantitative estimate of drug-likeness (QED) is 0.198. The van der Waals surface area contributed by atoms with Crippen molar-refractivity contribution in [2.24, 2.45) is 5.10 Å². The number of nitrogens with one attached hydrogen (secondary N) is 1. The summed E-state index contributed by atoms with van der Waals surface area (Å²) in [7, 11) is 1.62. The van der Waals surface area contributed by atoms with E-state index in [0.29, 0.717) is 18.1 Å². The van der Waals surface area contributed by atoms with Crippen molar-refractivity contribution in [1.82, 2.24) is 4.98 Å². The van der Waals surface area contributed by atoms with Crippen molar-refractivity contribution in [1.29, 1.82) is 0 Å². The molecule has 0 aliphatic carbocycles. The average Bonchev–Trinajstić information content (AvgIpc) is 3.16. The number of hydrazone groups is 1. The molecule has 27 heavy (non-hydrogen) atoms. The molecule has 0 saturated heterocycles. The van der Waals surface area contributed by atoms with Crippen LogP contribution in [0.5, 0.6) is 11.5 Å². The van der Waals surface area contributed by atoms with Crippen molar-refractivity contribution in [3.63, 3.8) is 0 Å². The number of hydrogen-bond acceptors (Lipinski definition) is 6. The van der Waals surface area contributed by atoms with Crippen LogP contribution in [0.4, 0.5) is 5.13 Å². The van der Waals surface area contributed by atoms with Gasteiger partial charge in [-0.05, 0) is 40.3 Å². The number of hydrogen-bond donors (Lipinski definition) is 1. The zero-order valence-corrected chi connectivity index (χ0v) is 17.7. The molecule has 0 atom stereocenters. The standard InChI is InChI=1S/C20H18IN3O2S/c1-3-9-26-19-16(21)10-14(11-18(19)25-2)12-22-24-20-23-17(13-27-20)15-7-5-4-6-8-15/h3-8,10-13H,1,9H2,2H3,(H,23,24). The summed E-state index contributed by atoms with van der Waals surface area (Å²) >= 11 is 3.73. The highest BCUT2D eigenvalue weighted by molar-refractivity contribution is 14.1. The summed E-state index contributed by atoms with van der Waals surface area (Å²) in [6.45, 7) is 4.09. The van der Waals surface area contributed by atoms with Crippen molar-refractivity contribution >= 4 is 45.3 Å². The summed E-state index contributed by atoms with van der Waals surface area (Å²) in [5.41, 5.74) is 5.89. The predicted octanol–water partition coefficient (Wildman–Crippen LogP) is 5.43. The predicted molar refractivity (Wildman–Crippen MR) is 120 cm³/mol. The lowest BCUT2D eigenvalue weighted by molar-refractivity contribution is 0.324. The van der Waals surface area contributed by atoms with Gasteiger partial charge in [-0.15, -0.1) is 11.3 Å². The van der Waals surface area contributed by atoms with E-state index < -0.39 is 0 Å². The second-order valence-corrected chi connectivity index (χ2v) is 7.43. The molecule has 0 saturated carbocycles. The van der Waals surface area contributed by atoms with Crippen molar-refractivity contribution < 1.29 is 9.47 Å². The molecule has 138 valence electrons. The monoisotopic (exact) mass is 491 g/mol. The van der Waals surface area contributed by atoms with Crippen LogP contribution in [0.15, 0.2) is 65.6 Å². The van der Waals surface area contributed by atoms with Gasteiger partial charge < -0.3 is 9.47 Å². The number of ether oxygens (including phenoxy) is 2. The number of anilines is 1. The summed E-state index contributed by atoms with van der Waals surface area (Å²) in [6, 6.07) is 13.9. The van der Waals surface area contributed by atoms with E-state index in [1.807, 2.05) is 47.8 Å². The highest BCUT2D eigenvalue weighted by Gasteiger charge is 2.10. The second kappa shape index (κ2) is 9.52. The summed E-state index contributed by atoms with van der Waals surface area (Å²) in [4.78, 5) is 4.55. The molecule has 1 heterocycles. The molecule has 0 bridgehead atoms. The van der Waals surface area contributed by atoms with Crippen molar-refractivity contribution in [3.05, 3.63) is 69.6 Å². The Labute approximate surface area is 175 Å². The average molecular weight is 491 g/mol. The van der Waals surface area contributed by atoms with Crippen LogP contribution in [0.1, 0.15) is 5.56 Å². The van der Waals surface area contributed by atoms with Crippen LogP contribution in [0, 0.1) is 3.57 Å². The van der Waals surface area contributed by atoms with E-state index in [0.717, 1.165) is 25.5 Å². The summed E-state index contributed by atoms with van der Waals surface area (Å²) in [6.07, 6.45) is 3.43. The fraction of sp³-hybridized carbons (Fsp3) is 0.100. The fourth-order valence-corrected chi connectivity index (χ4v) is 3.77. The van der Waals surface area contributed by atoms with E-state index in [1.165, 1.54) is 11.3 Å². The third-order valence-electron chi connectivity index (χ3n) is 3.54. The number of rotatable bonds is 8. The molecule has 2 aromatic carbocycles. The molecule has 1 N–H and O–H groups in total. The smallest absolute Gasteiger partial charge is 0.203 e. The molecule has 7 heteroatoms. The van der Waals surface area contributed by atoms with E-state index in [1.54, 1.807) is 19.4 Å². The Morgan fingerprint density at radius 1 is 1.30 bits per heavy atom. The molecule has 3 aromatic rings. The van der Waals surface area contributed by atoms with Gasteiger partial charge in [0.1, 0.15) is 6.61 Å². The van der Waals surface area contributed by atoms with Crippen LogP contribution in [0.2, 0.25) is 0 Å². The zero-order chi connectivity index (χ0) is 19.1. The first-order valence-electron chi connectivity index (χ1n) is 8.12. The van der Waals surface area contributed by atoms with Crippen molar-refractivity contribution in [2.45, 2.75) is 0 Å². The number of aromatic nitrogens is 1. The van der Waals surface area contributed by atoms with Gasteiger partial charge in [0.25, 0.3) is 0 Å². The molecule has 0 aliphatic rings. The van der Waals surface area contributed by atoms with Crippen molar-refractivity contribution in [3.8, 4) is 22.8 Å². The van der Waals surface area contributed by atoms with E-state index >= 15 is 0 Å². The number of nitrogens with zero attached hydrogens (tertiary/aromatic N) is 2. The zero-order valence-electron chi connectivity index (χ0n) is 14.7. The molecule has 0 amide bonds. The van der Waals surface area contributed by atoms with Crippen LogP contribution >= 0.6 is 33.9 Å². The molecular weight excluding hydrogens is 473 g/mol. The largest absolute Gasteiger partial charge is 0.493 e. The first kappa shape index (κ1) is 19.4. The Morgan fingerprint density at radius 3 is 2.85 bits per heavy atom. The van der Waals surface area contributed by atoms with Crippen LogP contribution in [-0.4, -0.2) is 24.9 Å². The summed E-state index contributed by atoms with van der Waals surface area (Å²) in [5, 5.41) is 7.02. The van der Waals surface area contributed by atoms with E-state index in [-0.39, 0.29) is 0 Å². The summed E-state index contributed by atoms with van der Waals surface area (Å²) < 4.78 is 12.0. The van der Waals surface area contributed by atoms with Gasteiger partial charge in [-0.1, -0.05) is 43.0 Å². The van der Waals surface area contributed by atoms with Gasteiger partial charge >= 0.3 is 0 Å². The first-order chi connectivity index (χ1) is 13.2. The lowest BCUT2D eigenvalue weighted by atomic mass is 10.2. The molecule has 5 nitrogen and oxygen atoms in total. The fourth-order valence-electron chi connectivity index (χ4n) is 2.33. The molecular formula is C20H18IN3O2S. The third-order valence-corrected chi connectivity index (χ3v) is 5.09. The normalized spacial score (nSPS) is 10.7. The number of thiazole rings is 1.